The molecule has 6 heteroatoms. The van der Waals surface area contributed by atoms with Crippen molar-refractivity contribution < 1.29 is 18.3 Å². The molecule has 0 radical (unpaired) electrons. The first-order valence-corrected chi connectivity index (χ1v) is 8.27. The van der Waals surface area contributed by atoms with Crippen LogP contribution in [0.1, 0.15) is 33.1 Å². The van der Waals surface area contributed by atoms with Crippen molar-refractivity contribution in [3.8, 4) is 0 Å². The Kier molecular flexibility index (Phi) is 6.55. The summed E-state index contributed by atoms with van der Waals surface area (Å²) in [6.45, 7) is 5.50. The molecule has 0 atom stereocenters. The maximum absolute atomic E-state index is 12.1. The van der Waals surface area contributed by atoms with Gasteiger partial charge in [0, 0.05) is 13.1 Å². The number of aliphatic hydroxyl groups is 1. The first-order chi connectivity index (χ1) is 8.45. The number of nitrogens with zero attached hydrogens (tertiary/aromatic N) is 1. The highest BCUT2D eigenvalue weighted by Gasteiger charge is 2.27. The van der Waals surface area contributed by atoms with E-state index in [0.717, 1.165) is 12.8 Å². The van der Waals surface area contributed by atoms with Crippen LogP contribution in [0.2, 0.25) is 0 Å². The van der Waals surface area contributed by atoms with Crippen LogP contribution in [-0.4, -0.2) is 56.0 Å². The molecule has 0 aromatic carbocycles. The van der Waals surface area contributed by atoms with Crippen molar-refractivity contribution in [1.82, 2.24) is 4.31 Å². The van der Waals surface area contributed by atoms with Crippen LogP contribution in [0.15, 0.2) is 0 Å². The first kappa shape index (κ1) is 15.9. The molecule has 1 fully saturated rings. The largest absolute Gasteiger partial charge is 0.394 e. The van der Waals surface area contributed by atoms with Gasteiger partial charge in [-0.15, -0.1) is 0 Å². The Morgan fingerprint density at radius 1 is 1.33 bits per heavy atom. The monoisotopic (exact) mass is 279 g/mol. The average Bonchev–Trinajstić information content (AvgIpc) is 2.34. The normalized spacial score (nSPS) is 19.6. The van der Waals surface area contributed by atoms with Gasteiger partial charge < -0.3 is 9.84 Å². The first-order valence-electron chi connectivity index (χ1n) is 6.66. The van der Waals surface area contributed by atoms with E-state index in [1.807, 2.05) is 13.8 Å². The highest BCUT2D eigenvalue weighted by Crippen LogP contribution is 2.18. The van der Waals surface area contributed by atoms with Gasteiger partial charge >= 0.3 is 0 Å². The van der Waals surface area contributed by atoms with E-state index in [2.05, 4.69) is 0 Å². The van der Waals surface area contributed by atoms with Gasteiger partial charge in [-0.1, -0.05) is 13.8 Å². The molecule has 0 unspecified atom stereocenters. The molecule has 1 saturated heterocycles. The highest BCUT2D eigenvalue weighted by atomic mass is 32.2. The Hall–Kier alpha value is -0.170. The van der Waals surface area contributed by atoms with Gasteiger partial charge in [0.05, 0.1) is 25.1 Å². The summed E-state index contributed by atoms with van der Waals surface area (Å²) in [5.41, 5.74) is 0. The zero-order chi connectivity index (χ0) is 13.6. The molecule has 1 rings (SSSR count). The van der Waals surface area contributed by atoms with Crippen molar-refractivity contribution >= 4 is 10.0 Å². The van der Waals surface area contributed by atoms with Gasteiger partial charge in [0.15, 0.2) is 0 Å². The van der Waals surface area contributed by atoms with Crippen LogP contribution in [0.4, 0.5) is 0 Å². The van der Waals surface area contributed by atoms with Crippen molar-refractivity contribution in [3.05, 3.63) is 0 Å². The van der Waals surface area contributed by atoms with E-state index in [4.69, 9.17) is 9.84 Å². The second kappa shape index (κ2) is 7.43. The summed E-state index contributed by atoms with van der Waals surface area (Å²) in [5, 5.41) is 8.67. The standard InChI is InChI=1S/C12H25NO4S/c1-11(2)5-10-18(15,16)13-6-3-12(4-7-13)17-9-8-14/h11-12,14H,3-10H2,1-2H3. The Morgan fingerprint density at radius 3 is 2.44 bits per heavy atom. The van der Waals surface area contributed by atoms with Crippen LogP contribution in [0.5, 0.6) is 0 Å². The Balaban J connectivity index is 2.37. The Labute approximate surface area is 110 Å². The van der Waals surface area contributed by atoms with Crippen LogP contribution in [0.3, 0.4) is 0 Å². The van der Waals surface area contributed by atoms with Crippen LogP contribution < -0.4 is 0 Å². The molecular formula is C12H25NO4S. The number of hydrogen-bond acceptors (Lipinski definition) is 4. The molecule has 0 aromatic heterocycles. The molecule has 0 saturated carbocycles. The quantitative estimate of drug-likeness (QED) is 0.750. The molecule has 18 heavy (non-hydrogen) atoms. The topological polar surface area (TPSA) is 66.8 Å². The van der Waals surface area contributed by atoms with Crippen LogP contribution in [-0.2, 0) is 14.8 Å². The minimum atomic E-state index is -3.09. The molecular weight excluding hydrogens is 254 g/mol. The van der Waals surface area contributed by atoms with Gasteiger partial charge in [-0.3, -0.25) is 0 Å². The summed E-state index contributed by atoms with van der Waals surface area (Å²) in [6, 6.07) is 0. The Bertz CT molecular complexity index is 321. The smallest absolute Gasteiger partial charge is 0.214 e. The zero-order valence-corrected chi connectivity index (χ0v) is 12.2. The average molecular weight is 279 g/mol. The number of hydrogen-bond donors (Lipinski definition) is 1. The molecule has 1 aliphatic rings. The second-order valence-corrected chi connectivity index (χ2v) is 7.28. The third-order valence-electron chi connectivity index (χ3n) is 3.19. The summed E-state index contributed by atoms with van der Waals surface area (Å²) < 4.78 is 31.1. The second-order valence-electron chi connectivity index (χ2n) is 5.19. The SMILES string of the molecule is CC(C)CCS(=O)(=O)N1CCC(OCCO)CC1. The molecule has 1 aliphatic heterocycles. The summed E-state index contributed by atoms with van der Waals surface area (Å²) in [4.78, 5) is 0. The van der Waals surface area contributed by atoms with Gasteiger partial charge in [0.1, 0.15) is 0 Å². The maximum Gasteiger partial charge on any atom is 0.214 e. The van der Waals surface area contributed by atoms with E-state index in [1.165, 1.54) is 0 Å². The molecule has 0 aliphatic carbocycles. The lowest BCUT2D eigenvalue weighted by atomic mass is 10.1. The Morgan fingerprint density at radius 2 is 1.94 bits per heavy atom. The van der Waals surface area contributed by atoms with E-state index >= 15 is 0 Å². The predicted molar refractivity (Wildman–Crippen MR) is 70.9 cm³/mol. The maximum atomic E-state index is 12.1. The molecule has 1 heterocycles. The molecule has 1 N–H and O–H groups in total. The number of ether oxygens (including phenoxy) is 1. The van der Waals surface area contributed by atoms with E-state index < -0.39 is 10.0 Å². The highest BCUT2D eigenvalue weighted by molar-refractivity contribution is 7.89. The lowest BCUT2D eigenvalue weighted by molar-refractivity contribution is 0.00318. The summed E-state index contributed by atoms with van der Waals surface area (Å²) in [7, 11) is -3.09. The van der Waals surface area contributed by atoms with E-state index in [9.17, 15) is 8.42 Å². The summed E-state index contributed by atoms with van der Waals surface area (Å²) >= 11 is 0. The van der Waals surface area contributed by atoms with E-state index in [1.54, 1.807) is 4.31 Å². The number of sulfonamides is 1. The van der Waals surface area contributed by atoms with Crippen molar-refractivity contribution in [2.45, 2.75) is 39.2 Å². The van der Waals surface area contributed by atoms with Crippen molar-refractivity contribution in [2.75, 3.05) is 32.1 Å². The number of aliphatic hydroxyl groups excluding tert-OH is 1. The van der Waals surface area contributed by atoms with Gasteiger partial charge in [-0.2, -0.15) is 0 Å². The van der Waals surface area contributed by atoms with Crippen molar-refractivity contribution in [1.29, 1.82) is 0 Å². The van der Waals surface area contributed by atoms with E-state index in [-0.39, 0.29) is 18.5 Å². The molecule has 5 nitrogen and oxygen atoms in total. The van der Waals surface area contributed by atoms with E-state index in [0.29, 0.717) is 32.0 Å². The molecule has 0 aromatic rings. The molecule has 0 bridgehead atoms. The van der Waals surface area contributed by atoms with Gasteiger partial charge in [0.25, 0.3) is 0 Å². The van der Waals surface area contributed by atoms with Gasteiger partial charge in [-0.05, 0) is 25.2 Å². The lowest BCUT2D eigenvalue weighted by Crippen LogP contribution is -2.42. The predicted octanol–water partition coefficient (Wildman–Crippen LogP) is 0.836. The number of rotatable bonds is 7. The lowest BCUT2D eigenvalue weighted by Gasteiger charge is -2.31. The number of piperidine rings is 1. The minimum Gasteiger partial charge on any atom is -0.394 e. The molecule has 0 spiro atoms. The van der Waals surface area contributed by atoms with Crippen LogP contribution >= 0.6 is 0 Å². The van der Waals surface area contributed by atoms with Crippen molar-refractivity contribution in [2.24, 2.45) is 5.92 Å². The fourth-order valence-corrected chi connectivity index (χ4v) is 3.80. The third-order valence-corrected chi connectivity index (χ3v) is 5.10. The summed E-state index contributed by atoms with van der Waals surface area (Å²) in [5.74, 6) is 0.650. The van der Waals surface area contributed by atoms with Gasteiger partial charge in [-0.25, -0.2) is 12.7 Å². The zero-order valence-electron chi connectivity index (χ0n) is 11.3. The fourth-order valence-electron chi connectivity index (χ4n) is 2.01. The molecule has 108 valence electrons. The van der Waals surface area contributed by atoms with Crippen molar-refractivity contribution in [3.63, 3.8) is 0 Å². The minimum absolute atomic E-state index is 0.0207. The third kappa shape index (κ3) is 5.22. The van der Waals surface area contributed by atoms with Crippen LogP contribution in [0.25, 0.3) is 0 Å². The molecule has 0 amide bonds. The summed E-state index contributed by atoms with van der Waals surface area (Å²) in [6.07, 6.45) is 2.25. The van der Waals surface area contributed by atoms with Crippen LogP contribution in [0, 0.1) is 5.92 Å². The van der Waals surface area contributed by atoms with Gasteiger partial charge in [0.2, 0.25) is 10.0 Å². The fraction of sp³-hybridized carbons (Fsp3) is 1.00.